The van der Waals surface area contributed by atoms with Gasteiger partial charge in [-0.25, -0.2) is 4.79 Å². The lowest BCUT2D eigenvalue weighted by Gasteiger charge is -2.13. The van der Waals surface area contributed by atoms with Crippen molar-refractivity contribution in [3.8, 4) is 0 Å². The maximum absolute atomic E-state index is 11.0. The van der Waals surface area contributed by atoms with Crippen LogP contribution in [0.3, 0.4) is 0 Å². The summed E-state index contributed by atoms with van der Waals surface area (Å²) in [6.07, 6.45) is 2.98. The molecule has 0 atom stereocenters. The predicted molar refractivity (Wildman–Crippen MR) is 48.4 cm³/mol. The van der Waals surface area contributed by atoms with E-state index in [1.54, 1.807) is 6.26 Å². The summed E-state index contributed by atoms with van der Waals surface area (Å²) in [5.74, 6) is 0.328. The second kappa shape index (κ2) is 3.67. The molecule has 0 saturated heterocycles. The molecule has 0 aromatic carbocycles. The van der Waals surface area contributed by atoms with E-state index < -0.39 is 5.97 Å². The molecule has 0 aliphatic carbocycles. The van der Waals surface area contributed by atoms with Gasteiger partial charge in [0.05, 0.1) is 26.6 Å². The van der Waals surface area contributed by atoms with Crippen molar-refractivity contribution < 1.29 is 18.7 Å². The summed E-state index contributed by atoms with van der Waals surface area (Å²) in [5, 5.41) is 0. The predicted octanol–water partition coefficient (Wildman–Crippen LogP) is 1.37. The van der Waals surface area contributed by atoms with Crippen LogP contribution in [0.5, 0.6) is 0 Å². The Morgan fingerprint density at radius 3 is 3.21 bits per heavy atom. The van der Waals surface area contributed by atoms with Gasteiger partial charge in [-0.2, -0.15) is 0 Å². The van der Waals surface area contributed by atoms with Crippen LogP contribution in [0.1, 0.15) is 11.3 Å². The molecule has 0 amide bonds. The highest BCUT2D eigenvalue weighted by Crippen LogP contribution is 2.26. The minimum atomic E-state index is -0.396. The van der Waals surface area contributed by atoms with E-state index in [2.05, 4.69) is 4.74 Å². The van der Waals surface area contributed by atoms with Gasteiger partial charge in [0, 0.05) is 17.2 Å². The van der Waals surface area contributed by atoms with Gasteiger partial charge < -0.3 is 13.9 Å². The van der Waals surface area contributed by atoms with E-state index in [1.807, 2.05) is 6.07 Å². The number of furan rings is 1. The molecule has 1 aromatic rings. The van der Waals surface area contributed by atoms with Gasteiger partial charge in [0.1, 0.15) is 5.76 Å². The first-order valence-electron chi connectivity index (χ1n) is 4.24. The zero-order valence-electron chi connectivity index (χ0n) is 7.78. The van der Waals surface area contributed by atoms with Crippen LogP contribution in [0.2, 0.25) is 0 Å². The van der Waals surface area contributed by atoms with Crippen molar-refractivity contribution in [3.63, 3.8) is 0 Å². The second-order valence-corrected chi connectivity index (χ2v) is 2.96. The molecule has 0 bridgehead atoms. The van der Waals surface area contributed by atoms with E-state index in [9.17, 15) is 4.79 Å². The van der Waals surface area contributed by atoms with E-state index in [4.69, 9.17) is 9.15 Å². The lowest BCUT2D eigenvalue weighted by molar-refractivity contribution is -0.134. The number of fused-ring (bicyclic) bond motifs is 1. The first-order chi connectivity index (χ1) is 6.81. The average Bonchev–Trinajstić information content (AvgIpc) is 2.66. The average molecular weight is 194 g/mol. The molecular weight excluding hydrogens is 184 g/mol. The van der Waals surface area contributed by atoms with Crippen molar-refractivity contribution in [2.45, 2.75) is 6.61 Å². The fourth-order valence-electron chi connectivity index (χ4n) is 1.38. The highest BCUT2D eigenvalue weighted by atomic mass is 16.5. The molecular formula is C10H10O4. The topological polar surface area (TPSA) is 48.7 Å². The van der Waals surface area contributed by atoms with Crippen molar-refractivity contribution in [2.75, 3.05) is 13.7 Å². The molecule has 0 spiro atoms. The first kappa shape index (κ1) is 9.02. The summed E-state index contributed by atoms with van der Waals surface area (Å²) in [6.45, 7) is 0.917. The van der Waals surface area contributed by atoms with Crippen molar-refractivity contribution in [2.24, 2.45) is 0 Å². The van der Waals surface area contributed by atoms with Crippen LogP contribution in [0.15, 0.2) is 22.8 Å². The number of rotatable bonds is 1. The van der Waals surface area contributed by atoms with Crippen molar-refractivity contribution in [3.05, 3.63) is 29.7 Å². The third-order valence-electron chi connectivity index (χ3n) is 2.05. The number of esters is 1. The lowest BCUT2D eigenvalue weighted by atomic mass is 10.1. The Labute approximate surface area is 81.1 Å². The molecule has 0 saturated carbocycles. The molecule has 1 aliphatic rings. The van der Waals surface area contributed by atoms with Gasteiger partial charge in [-0.15, -0.1) is 0 Å². The molecule has 0 radical (unpaired) electrons. The Balaban J connectivity index is 2.32. The van der Waals surface area contributed by atoms with Gasteiger partial charge in [-0.1, -0.05) is 0 Å². The van der Waals surface area contributed by atoms with Gasteiger partial charge in [0.15, 0.2) is 0 Å². The molecule has 0 unspecified atom stereocenters. The SMILES string of the molecule is COC(=O)/C=C1/COCc2ccoc21. The maximum atomic E-state index is 11.0. The van der Waals surface area contributed by atoms with Gasteiger partial charge in [-0.05, 0) is 6.07 Å². The number of hydrogen-bond donors (Lipinski definition) is 0. The highest BCUT2D eigenvalue weighted by Gasteiger charge is 2.18. The zero-order valence-corrected chi connectivity index (χ0v) is 7.78. The van der Waals surface area contributed by atoms with E-state index in [0.29, 0.717) is 13.2 Å². The summed E-state index contributed by atoms with van der Waals surface area (Å²) >= 11 is 0. The Hall–Kier alpha value is -1.55. The quantitative estimate of drug-likeness (QED) is 0.500. The Bertz CT molecular complexity index is 375. The summed E-state index contributed by atoms with van der Waals surface area (Å²) < 4.78 is 15.1. The van der Waals surface area contributed by atoms with Crippen molar-refractivity contribution in [1.29, 1.82) is 0 Å². The maximum Gasteiger partial charge on any atom is 0.330 e. The summed E-state index contributed by atoms with van der Waals surface area (Å²) in [5.41, 5.74) is 1.69. The summed E-state index contributed by atoms with van der Waals surface area (Å²) in [7, 11) is 1.34. The number of methoxy groups -OCH3 is 1. The molecule has 2 heterocycles. The Morgan fingerprint density at radius 2 is 2.43 bits per heavy atom. The van der Waals surface area contributed by atoms with E-state index in [1.165, 1.54) is 13.2 Å². The van der Waals surface area contributed by atoms with Crippen LogP contribution in [0.25, 0.3) is 5.57 Å². The molecule has 1 aliphatic heterocycles. The fraction of sp³-hybridized carbons (Fsp3) is 0.300. The van der Waals surface area contributed by atoms with Gasteiger partial charge in [0.25, 0.3) is 0 Å². The minimum absolute atomic E-state index is 0.385. The van der Waals surface area contributed by atoms with Crippen LogP contribution < -0.4 is 0 Å². The van der Waals surface area contributed by atoms with E-state index in [0.717, 1.165) is 16.9 Å². The largest absolute Gasteiger partial charge is 0.466 e. The van der Waals surface area contributed by atoms with Crippen molar-refractivity contribution >= 4 is 11.5 Å². The van der Waals surface area contributed by atoms with Gasteiger partial charge in [-0.3, -0.25) is 0 Å². The van der Waals surface area contributed by atoms with Crippen LogP contribution in [-0.4, -0.2) is 19.7 Å². The summed E-state index contributed by atoms with van der Waals surface area (Å²) in [6, 6.07) is 1.83. The monoisotopic (exact) mass is 194 g/mol. The molecule has 14 heavy (non-hydrogen) atoms. The van der Waals surface area contributed by atoms with Crippen molar-refractivity contribution in [1.82, 2.24) is 0 Å². The van der Waals surface area contributed by atoms with E-state index >= 15 is 0 Å². The van der Waals surface area contributed by atoms with Crippen LogP contribution in [0.4, 0.5) is 0 Å². The van der Waals surface area contributed by atoms with E-state index in [-0.39, 0.29) is 0 Å². The smallest absolute Gasteiger partial charge is 0.330 e. The third kappa shape index (κ3) is 1.56. The molecule has 4 nitrogen and oxygen atoms in total. The molecule has 1 aromatic heterocycles. The van der Waals surface area contributed by atoms with Crippen LogP contribution >= 0.6 is 0 Å². The highest BCUT2D eigenvalue weighted by molar-refractivity contribution is 5.91. The zero-order chi connectivity index (χ0) is 9.97. The second-order valence-electron chi connectivity index (χ2n) is 2.96. The molecule has 0 N–H and O–H groups in total. The van der Waals surface area contributed by atoms with Gasteiger partial charge >= 0.3 is 5.97 Å². The Kier molecular flexibility index (Phi) is 2.37. The van der Waals surface area contributed by atoms with Crippen LogP contribution in [0, 0.1) is 0 Å². The number of ether oxygens (including phenoxy) is 2. The first-order valence-corrected chi connectivity index (χ1v) is 4.24. The normalized spacial score (nSPS) is 17.9. The molecule has 2 rings (SSSR count). The molecule has 4 heteroatoms. The van der Waals surface area contributed by atoms with Crippen LogP contribution in [-0.2, 0) is 20.9 Å². The third-order valence-corrected chi connectivity index (χ3v) is 2.05. The number of carbonyl (C=O) groups excluding carboxylic acids is 1. The standard InChI is InChI=1S/C10H10O4/c1-12-9(11)4-8-6-13-5-7-2-3-14-10(7)8/h2-4H,5-6H2,1H3/b8-4-. The lowest BCUT2D eigenvalue weighted by Crippen LogP contribution is -2.08. The molecule has 0 fully saturated rings. The number of hydrogen-bond acceptors (Lipinski definition) is 4. The molecule has 74 valence electrons. The van der Waals surface area contributed by atoms with Gasteiger partial charge in [0.2, 0.25) is 0 Å². The minimum Gasteiger partial charge on any atom is -0.466 e. The fourth-order valence-corrected chi connectivity index (χ4v) is 1.38. The summed E-state index contributed by atoms with van der Waals surface area (Å²) in [4.78, 5) is 11.0. The Morgan fingerprint density at radius 1 is 1.57 bits per heavy atom. The number of carbonyl (C=O) groups is 1.